The average molecular weight is 1200 g/mol. The van der Waals surface area contributed by atoms with E-state index in [-0.39, 0.29) is 18.5 Å². The summed E-state index contributed by atoms with van der Waals surface area (Å²) in [7, 11) is 0. The summed E-state index contributed by atoms with van der Waals surface area (Å²) in [6, 6.07) is -0.536. The van der Waals surface area contributed by atoms with Gasteiger partial charge in [0.05, 0.1) is 25.4 Å². The Kier molecular flexibility index (Phi) is 73.8. The molecule has 0 aliphatic rings. The molecule has 2 unspecified atom stereocenters. The van der Waals surface area contributed by atoms with Gasteiger partial charge >= 0.3 is 5.97 Å². The van der Waals surface area contributed by atoms with Gasteiger partial charge in [0.25, 0.3) is 0 Å². The van der Waals surface area contributed by atoms with Gasteiger partial charge in [-0.05, 0) is 51.4 Å². The van der Waals surface area contributed by atoms with Gasteiger partial charge in [0.2, 0.25) is 5.91 Å². The monoisotopic (exact) mass is 1200 g/mol. The zero-order valence-corrected chi connectivity index (χ0v) is 58.1. The Morgan fingerprint density at radius 1 is 0.318 bits per heavy atom. The van der Waals surface area contributed by atoms with Gasteiger partial charge in [-0.25, -0.2) is 0 Å². The molecule has 2 atom stereocenters. The van der Waals surface area contributed by atoms with Crippen LogP contribution in [0.1, 0.15) is 457 Å². The molecule has 85 heavy (non-hydrogen) atoms. The molecular weight excluding hydrogens is 1040 g/mol. The first-order chi connectivity index (χ1) is 42.0. The van der Waals surface area contributed by atoms with Crippen LogP contribution in [0.2, 0.25) is 0 Å². The molecule has 0 aromatic carbocycles. The van der Waals surface area contributed by atoms with Gasteiger partial charge in [0.1, 0.15) is 0 Å². The number of ether oxygens (including phenoxy) is 1. The summed E-state index contributed by atoms with van der Waals surface area (Å²) in [4.78, 5) is 24.6. The Bertz CT molecular complexity index is 1290. The number of aliphatic hydroxyl groups excluding tert-OH is 2. The first-order valence-corrected chi connectivity index (χ1v) is 39.4. The number of aliphatic hydroxyl groups is 2. The molecule has 0 aliphatic carbocycles. The summed E-state index contributed by atoms with van der Waals surface area (Å²) < 4.78 is 5.50. The summed E-state index contributed by atoms with van der Waals surface area (Å²) in [5, 5.41) is 23.4. The van der Waals surface area contributed by atoms with E-state index < -0.39 is 12.1 Å². The Labute approximate surface area is 533 Å². The number of allylic oxidation sites excluding steroid dienone is 2. The van der Waals surface area contributed by atoms with E-state index in [2.05, 4.69) is 31.3 Å². The zero-order chi connectivity index (χ0) is 61.3. The van der Waals surface area contributed by atoms with E-state index in [1.165, 1.54) is 379 Å². The van der Waals surface area contributed by atoms with Crippen LogP contribution >= 0.6 is 0 Å². The maximum Gasteiger partial charge on any atom is 0.305 e. The van der Waals surface area contributed by atoms with Crippen molar-refractivity contribution in [2.24, 2.45) is 0 Å². The molecule has 0 aliphatic heterocycles. The van der Waals surface area contributed by atoms with Gasteiger partial charge in [0, 0.05) is 12.8 Å². The molecule has 0 radical (unpaired) electrons. The van der Waals surface area contributed by atoms with Crippen molar-refractivity contribution < 1.29 is 24.5 Å². The quantitative estimate of drug-likeness (QED) is 0.0320. The van der Waals surface area contributed by atoms with Crippen LogP contribution in [0.3, 0.4) is 0 Å². The van der Waals surface area contributed by atoms with Crippen LogP contribution in [0.4, 0.5) is 0 Å². The van der Waals surface area contributed by atoms with E-state index in [4.69, 9.17) is 4.74 Å². The molecule has 506 valence electrons. The van der Waals surface area contributed by atoms with Gasteiger partial charge in [-0.3, -0.25) is 9.59 Å². The lowest BCUT2D eigenvalue weighted by Crippen LogP contribution is -2.45. The van der Waals surface area contributed by atoms with Gasteiger partial charge in [-0.2, -0.15) is 0 Å². The van der Waals surface area contributed by atoms with E-state index in [1.54, 1.807) is 0 Å². The maximum atomic E-state index is 12.5. The van der Waals surface area contributed by atoms with Gasteiger partial charge < -0.3 is 20.3 Å². The van der Waals surface area contributed by atoms with Crippen molar-refractivity contribution in [1.82, 2.24) is 5.32 Å². The molecule has 0 bridgehead atoms. The van der Waals surface area contributed by atoms with Gasteiger partial charge in [0.15, 0.2) is 0 Å². The SMILES string of the molecule is CCCCCCCCC/C=C\CCCCCCCC(=O)OCCCCCCCCCCCCCCCCCCCCCCCCCCCCCCCCCCCCCCCC(=O)NC(CO)C(O)CCCCCCCCCCCCCCCCC. The normalized spacial score (nSPS) is 12.5. The first kappa shape index (κ1) is 83.6. The number of rotatable bonds is 75. The molecule has 0 spiro atoms. The fraction of sp³-hybridized carbons (Fsp3) is 0.949. The number of carbonyl (C=O) groups is 2. The summed E-state index contributed by atoms with van der Waals surface area (Å²) in [5.41, 5.74) is 0. The highest BCUT2D eigenvalue weighted by Crippen LogP contribution is 2.20. The minimum atomic E-state index is -0.659. The van der Waals surface area contributed by atoms with Crippen LogP contribution in [0.15, 0.2) is 12.2 Å². The third-order valence-electron chi connectivity index (χ3n) is 18.8. The highest BCUT2D eigenvalue weighted by molar-refractivity contribution is 5.76. The second-order valence-electron chi connectivity index (χ2n) is 27.4. The number of amides is 1. The number of hydrogen-bond acceptors (Lipinski definition) is 5. The van der Waals surface area contributed by atoms with Gasteiger partial charge in [-0.1, -0.05) is 405 Å². The minimum Gasteiger partial charge on any atom is -0.466 e. The fourth-order valence-corrected chi connectivity index (χ4v) is 12.8. The topological polar surface area (TPSA) is 95.9 Å². The number of esters is 1. The molecular formula is C79H155NO5. The van der Waals surface area contributed by atoms with Crippen LogP contribution in [0, 0.1) is 0 Å². The molecule has 0 heterocycles. The highest BCUT2D eigenvalue weighted by Gasteiger charge is 2.20. The van der Waals surface area contributed by atoms with Crippen molar-refractivity contribution in [3.63, 3.8) is 0 Å². The fourth-order valence-electron chi connectivity index (χ4n) is 12.8. The van der Waals surface area contributed by atoms with Crippen LogP contribution in [0.25, 0.3) is 0 Å². The van der Waals surface area contributed by atoms with E-state index in [0.29, 0.717) is 25.9 Å². The Morgan fingerprint density at radius 3 is 0.835 bits per heavy atom. The number of hydrogen-bond donors (Lipinski definition) is 3. The molecule has 0 rings (SSSR count). The van der Waals surface area contributed by atoms with Crippen molar-refractivity contribution in [3.05, 3.63) is 12.2 Å². The van der Waals surface area contributed by atoms with E-state index in [0.717, 1.165) is 44.9 Å². The van der Waals surface area contributed by atoms with Crippen LogP contribution < -0.4 is 5.32 Å². The Hall–Kier alpha value is -1.40. The van der Waals surface area contributed by atoms with E-state index in [9.17, 15) is 19.8 Å². The molecule has 3 N–H and O–H groups in total. The predicted octanol–water partition coefficient (Wildman–Crippen LogP) is 25.9. The van der Waals surface area contributed by atoms with Crippen LogP contribution in [0.5, 0.6) is 0 Å². The highest BCUT2D eigenvalue weighted by atomic mass is 16.5. The lowest BCUT2D eigenvalue weighted by molar-refractivity contribution is -0.143. The third kappa shape index (κ3) is 71.6. The van der Waals surface area contributed by atoms with Crippen molar-refractivity contribution >= 4 is 11.9 Å². The van der Waals surface area contributed by atoms with E-state index >= 15 is 0 Å². The Morgan fingerprint density at radius 2 is 0.553 bits per heavy atom. The second-order valence-corrected chi connectivity index (χ2v) is 27.4. The van der Waals surface area contributed by atoms with Crippen LogP contribution in [-0.2, 0) is 14.3 Å². The molecule has 0 aromatic heterocycles. The van der Waals surface area contributed by atoms with Crippen molar-refractivity contribution in [3.8, 4) is 0 Å². The summed E-state index contributed by atoms with van der Waals surface area (Å²) in [5.74, 6) is -0.00830. The molecule has 0 saturated carbocycles. The van der Waals surface area contributed by atoms with Crippen molar-refractivity contribution in [2.75, 3.05) is 13.2 Å². The second kappa shape index (κ2) is 75.1. The third-order valence-corrected chi connectivity index (χ3v) is 18.8. The molecule has 0 aromatic rings. The molecule has 0 fully saturated rings. The summed E-state index contributed by atoms with van der Waals surface area (Å²) in [6.45, 7) is 5.00. The average Bonchev–Trinajstić information content (AvgIpc) is 3.52. The number of carbonyl (C=O) groups excluding carboxylic acids is 2. The molecule has 6 nitrogen and oxygen atoms in total. The standard InChI is InChI=1S/C79H155NO5/c1-3-5-7-9-11-13-15-17-19-45-49-53-57-61-65-69-73-79(84)85-74-70-66-62-58-54-50-46-42-40-38-36-34-32-30-28-26-24-22-20-21-23-25-27-29-31-33-35-37-39-41-44-48-52-56-60-64-68-72-78(83)80-76(75-81)77(82)71-67-63-59-55-51-47-43-18-16-14-12-10-8-6-4-2/h19,45,76-77,81-82H,3-18,20-44,46-75H2,1-2H3,(H,80,83)/b45-19-. The smallest absolute Gasteiger partial charge is 0.305 e. The molecule has 1 amide bonds. The predicted molar refractivity (Wildman–Crippen MR) is 375 cm³/mol. The van der Waals surface area contributed by atoms with Gasteiger partial charge in [-0.15, -0.1) is 0 Å². The Balaban J connectivity index is 3.28. The first-order valence-electron chi connectivity index (χ1n) is 39.4. The zero-order valence-electron chi connectivity index (χ0n) is 58.1. The molecule has 6 heteroatoms. The lowest BCUT2D eigenvalue weighted by Gasteiger charge is -2.22. The van der Waals surface area contributed by atoms with Crippen molar-refractivity contribution in [1.29, 1.82) is 0 Å². The summed E-state index contributed by atoms with van der Waals surface area (Å²) in [6.07, 6.45) is 94.6. The largest absolute Gasteiger partial charge is 0.466 e. The number of nitrogens with one attached hydrogen (secondary N) is 1. The minimum absolute atomic E-state index is 0.0170. The van der Waals surface area contributed by atoms with Crippen LogP contribution in [-0.4, -0.2) is 47.4 Å². The van der Waals surface area contributed by atoms with E-state index in [1.807, 2.05) is 0 Å². The van der Waals surface area contributed by atoms with Crippen molar-refractivity contribution in [2.45, 2.75) is 469 Å². The summed E-state index contributed by atoms with van der Waals surface area (Å²) >= 11 is 0. The number of unbranched alkanes of at least 4 members (excludes halogenated alkanes) is 62. The molecule has 0 saturated heterocycles. The lowest BCUT2D eigenvalue weighted by atomic mass is 10.0. The maximum absolute atomic E-state index is 12.5.